The highest BCUT2D eigenvalue weighted by atomic mass is 19.1. The fraction of sp³-hybridized carbons (Fsp3) is 0.333. The van der Waals surface area contributed by atoms with E-state index in [4.69, 9.17) is 0 Å². The van der Waals surface area contributed by atoms with E-state index in [1.54, 1.807) is 12.1 Å². The number of hydrogen-bond donors (Lipinski definition) is 1. The summed E-state index contributed by atoms with van der Waals surface area (Å²) in [6.07, 6.45) is 1.91. The van der Waals surface area contributed by atoms with Gasteiger partial charge in [0.05, 0.1) is 0 Å². The second-order valence-electron chi connectivity index (χ2n) is 5.45. The maximum atomic E-state index is 13.3. The van der Waals surface area contributed by atoms with Gasteiger partial charge in [-0.1, -0.05) is 42.0 Å². The lowest BCUT2D eigenvalue weighted by Gasteiger charge is -2.17. The molecule has 0 saturated heterocycles. The van der Waals surface area contributed by atoms with E-state index in [2.05, 4.69) is 36.5 Å². The monoisotopic (exact) mass is 271 g/mol. The minimum atomic E-state index is -0.152. The van der Waals surface area contributed by atoms with Crippen molar-refractivity contribution in [3.8, 4) is 0 Å². The Morgan fingerprint density at radius 1 is 1.00 bits per heavy atom. The van der Waals surface area contributed by atoms with Crippen LogP contribution in [0, 0.1) is 18.7 Å². The van der Waals surface area contributed by atoms with Gasteiger partial charge in [-0.2, -0.15) is 0 Å². The smallest absolute Gasteiger partial charge is 0.123 e. The zero-order valence-electron chi connectivity index (χ0n) is 12.2. The second-order valence-corrected chi connectivity index (χ2v) is 5.45. The van der Waals surface area contributed by atoms with Crippen LogP contribution in [0.2, 0.25) is 0 Å². The lowest BCUT2D eigenvalue weighted by Crippen LogP contribution is -2.22. The molecule has 0 radical (unpaired) electrons. The predicted molar refractivity (Wildman–Crippen MR) is 82.4 cm³/mol. The van der Waals surface area contributed by atoms with E-state index < -0.39 is 0 Å². The first kappa shape index (κ1) is 14.7. The lowest BCUT2D eigenvalue weighted by atomic mass is 9.92. The van der Waals surface area contributed by atoms with Crippen molar-refractivity contribution in [2.45, 2.75) is 19.8 Å². The van der Waals surface area contributed by atoms with E-state index in [-0.39, 0.29) is 5.82 Å². The summed E-state index contributed by atoms with van der Waals surface area (Å²) in [5.41, 5.74) is 3.69. The van der Waals surface area contributed by atoms with Crippen LogP contribution in [0.5, 0.6) is 0 Å². The van der Waals surface area contributed by atoms with Crippen LogP contribution in [0.3, 0.4) is 0 Å². The summed E-state index contributed by atoms with van der Waals surface area (Å²) in [5.74, 6) is 0.325. The molecule has 0 amide bonds. The van der Waals surface area contributed by atoms with Crippen LogP contribution in [0.4, 0.5) is 4.39 Å². The first-order valence-corrected chi connectivity index (χ1v) is 7.12. The van der Waals surface area contributed by atoms with Crippen LogP contribution >= 0.6 is 0 Å². The van der Waals surface area contributed by atoms with Crippen LogP contribution in [-0.4, -0.2) is 13.6 Å². The van der Waals surface area contributed by atoms with Crippen LogP contribution in [0.1, 0.15) is 16.7 Å². The Morgan fingerprint density at radius 2 is 1.70 bits per heavy atom. The number of rotatable bonds is 6. The Bertz CT molecular complexity index is 533. The van der Waals surface area contributed by atoms with Gasteiger partial charge in [-0.05, 0) is 62.5 Å². The zero-order valence-corrected chi connectivity index (χ0v) is 12.2. The molecule has 0 aromatic heterocycles. The van der Waals surface area contributed by atoms with Gasteiger partial charge in [0.2, 0.25) is 0 Å². The summed E-state index contributed by atoms with van der Waals surface area (Å²) in [5, 5.41) is 3.24. The molecule has 106 valence electrons. The SMILES string of the molecule is CNCC(Cc1ccc(C)cc1)Cc1cccc(F)c1. The third kappa shape index (κ3) is 4.46. The molecule has 0 aliphatic heterocycles. The molecule has 0 heterocycles. The van der Waals surface area contributed by atoms with Crippen molar-refractivity contribution in [1.29, 1.82) is 0 Å². The topological polar surface area (TPSA) is 12.0 Å². The molecule has 2 rings (SSSR count). The maximum Gasteiger partial charge on any atom is 0.123 e. The fourth-order valence-electron chi connectivity index (χ4n) is 2.56. The van der Waals surface area contributed by atoms with E-state index in [0.29, 0.717) is 5.92 Å². The molecule has 0 bridgehead atoms. The van der Waals surface area contributed by atoms with Gasteiger partial charge < -0.3 is 5.32 Å². The third-order valence-corrected chi connectivity index (χ3v) is 3.55. The molecule has 1 nitrogen and oxygen atoms in total. The molecule has 2 aromatic rings. The molecule has 1 atom stereocenters. The third-order valence-electron chi connectivity index (χ3n) is 3.55. The highest BCUT2D eigenvalue weighted by molar-refractivity contribution is 5.23. The Hall–Kier alpha value is -1.67. The molecule has 0 aliphatic carbocycles. The standard InChI is InChI=1S/C18H22FN/c1-14-6-8-15(9-7-14)10-17(13-20-2)11-16-4-3-5-18(19)12-16/h3-9,12,17,20H,10-11,13H2,1-2H3. The number of hydrogen-bond acceptors (Lipinski definition) is 1. The van der Waals surface area contributed by atoms with Crippen LogP contribution < -0.4 is 5.32 Å². The normalized spacial score (nSPS) is 12.3. The molecule has 0 aliphatic rings. The minimum absolute atomic E-state index is 0.152. The molecule has 1 N–H and O–H groups in total. The van der Waals surface area contributed by atoms with E-state index in [1.807, 2.05) is 13.1 Å². The average Bonchev–Trinajstić information content (AvgIpc) is 2.42. The highest BCUT2D eigenvalue weighted by Crippen LogP contribution is 2.16. The van der Waals surface area contributed by atoms with E-state index in [0.717, 1.165) is 24.9 Å². The molecule has 0 spiro atoms. The van der Waals surface area contributed by atoms with Crippen molar-refractivity contribution in [3.05, 3.63) is 71.0 Å². The number of aryl methyl sites for hydroxylation is 1. The van der Waals surface area contributed by atoms with Crippen molar-refractivity contribution in [2.75, 3.05) is 13.6 Å². The largest absolute Gasteiger partial charge is 0.319 e. The summed E-state index contributed by atoms with van der Waals surface area (Å²) in [6.45, 7) is 3.03. The van der Waals surface area contributed by atoms with E-state index >= 15 is 0 Å². The molecule has 1 unspecified atom stereocenters. The van der Waals surface area contributed by atoms with Crippen molar-refractivity contribution < 1.29 is 4.39 Å². The summed E-state index contributed by atoms with van der Waals surface area (Å²) in [6, 6.07) is 15.6. The molecule has 0 fully saturated rings. The molecular formula is C18H22FN. The lowest BCUT2D eigenvalue weighted by molar-refractivity contribution is 0.491. The van der Waals surface area contributed by atoms with Crippen LogP contribution in [0.25, 0.3) is 0 Å². The Kier molecular flexibility index (Phi) is 5.31. The average molecular weight is 271 g/mol. The van der Waals surface area contributed by atoms with Gasteiger partial charge in [0.25, 0.3) is 0 Å². The molecule has 0 saturated carbocycles. The van der Waals surface area contributed by atoms with Gasteiger partial charge >= 0.3 is 0 Å². The van der Waals surface area contributed by atoms with Crippen LogP contribution in [-0.2, 0) is 12.8 Å². The summed E-state index contributed by atoms with van der Waals surface area (Å²) in [4.78, 5) is 0. The maximum absolute atomic E-state index is 13.3. The van der Waals surface area contributed by atoms with Gasteiger partial charge in [-0.25, -0.2) is 4.39 Å². The van der Waals surface area contributed by atoms with Gasteiger partial charge in [0, 0.05) is 0 Å². The summed E-state index contributed by atoms with van der Waals surface area (Å²) < 4.78 is 13.3. The minimum Gasteiger partial charge on any atom is -0.319 e. The zero-order chi connectivity index (χ0) is 14.4. The molecular weight excluding hydrogens is 249 g/mol. The van der Waals surface area contributed by atoms with Crippen LogP contribution in [0.15, 0.2) is 48.5 Å². The van der Waals surface area contributed by atoms with Gasteiger partial charge in [0.15, 0.2) is 0 Å². The molecule has 20 heavy (non-hydrogen) atoms. The molecule has 2 aromatic carbocycles. The van der Waals surface area contributed by atoms with Crippen molar-refractivity contribution in [2.24, 2.45) is 5.92 Å². The Labute approximate surface area is 120 Å². The van der Waals surface area contributed by atoms with Gasteiger partial charge in [0.1, 0.15) is 5.82 Å². The molecule has 2 heteroatoms. The number of benzene rings is 2. The second kappa shape index (κ2) is 7.20. The Balaban J connectivity index is 2.05. The van der Waals surface area contributed by atoms with Gasteiger partial charge in [-0.15, -0.1) is 0 Å². The first-order valence-electron chi connectivity index (χ1n) is 7.12. The first-order chi connectivity index (χ1) is 9.67. The quantitative estimate of drug-likeness (QED) is 0.843. The number of nitrogens with one attached hydrogen (secondary N) is 1. The number of halogens is 1. The van der Waals surface area contributed by atoms with Crippen molar-refractivity contribution >= 4 is 0 Å². The fourth-order valence-corrected chi connectivity index (χ4v) is 2.56. The van der Waals surface area contributed by atoms with Crippen molar-refractivity contribution in [1.82, 2.24) is 5.32 Å². The van der Waals surface area contributed by atoms with E-state index in [9.17, 15) is 4.39 Å². The Morgan fingerprint density at radius 3 is 2.35 bits per heavy atom. The summed E-state index contributed by atoms with van der Waals surface area (Å²) in [7, 11) is 1.97. The summed E-state index contributed by atoms with van der Waals surface area (Å²) >= 11 is 0. The van der Waals surface area contributed by atoms with Crippen molar-refractivity contribution in [3.63, 3.8) is 0 Å². The van der Waals surface area contributed by atoms with E-state index in [1.165, 1.54) is 17.2 Å². The predicted octanol–water partition coefficient (Wildman–Crippen LogP) is 3.75. The highest BCUT2D eigenvalue weighted by Gasteiger charge is 2.10. The van der Waals surface area contributed by atoms with Gasteiger partial charge in [-0.3, -0.25) is 0 Å².